The van der Waals surface area contributed by atoms with Crippen LogP contribution in [0.15, 0.2) is 95.7 Å². The van der Waals surface area contributed by atoms with Crippen molar-refractivity contribution < 1.29 is 8.98 Å². The predicted octanol–water partition coefficient (Wildman–Crippen LogP) is 10.3. The molecule has 6 aromatic rings. The Labute approximate surface area is 277 Å². The summed E-state index contributed by atoms with van der Waals surface area (Å²) in [6.45, 7) is 17.7. The number of nitrogens with one attached hydrogen (secondary N) is 1. The highest BCUT2D eigenvalue weighted by atomic mass is 16.3. The zero-order valence-corrected chi connectivity index (χ0v) is 28.3. The zero-order chi connectivity index (χ0) is 32.6. The standard InChI is InChI=1S/C43H42N3O/c1-8-36-41-30(13-16-32-33-17-18-37(45-43(33)47-42(32)41)40-25(3)10-9-11-26(40)4)14-19-38-35(22-29(7)44-36)34-20-24(2)12-15-31(34)39-21-27(5)28(6)23-46(38)39/h8-13,15-18,20-21,23,35,38,44H,7,14,19,22H2,1-6H3/q+1/b36-8-. The molecule has 0 saturated heterocycles. The Kier molecular flexibility index (Phi) is 6.94. The van der Waals surface area contributed by atoms with Gasteiger partial charge in [0.1, 0.15) is 5.58 Å². The fourth-order valence-corrected chi connectivity index (χ4v) is 8.19. The lowest BCUT2D eigenvalue weighted by molar-refractivity contribution is -0.719. The van der Waals surface area contributed by atoms with Gasteiger partial charge in [0.25, 0.3) is 0 Å². The van der Waals surface area contributed by atoms with Crippen molar-refractivity contribution >= 4 is 27.8 Å². The average Bonchev–Trinajstić information content (AvgIpc) is 3.42. The molecule has 234 valence electrons. The smallest absolute Gasteiger partial charge is 0.227 e. The van der Waals surface area contributed by atoms with Crippen molar-refractivity contribution in [1.29, 1.82) is 0 Å². The van der Waals surface area contributed by atoms with Crippen LogP contribution in [0.1, 0.15) is 76.2 Å². The molecular weight excluding hydrogens is 574 g/mol. The minimum absolute atomic E-state index is 0.296. The van der Waals surface area contributed by atoms with Gasteiger partial charge in [0.2, 0.25) is 11.4 Å². The second-order valence-corrected chi connectivity index (χ2v) is 13.8. The van der Waals surface area contributed by atoms with Crippen LogP contribution in [0.2, 0.25) is 0 Å². The van der Waals surface area contributed by atoms with E-state index in [1.807, 2.05) is 0 Å². The maximum Gasteiger partial charge on any atom is 0.227 e. The molecule has 0 aliphatic carbocycles. The molecule has 8 rings (SSSR count). The van der Waals surface area contributed by atoms with Crippen LogP contribution in [0.25, 0.3) is 50.3 Å². The topological polar surface area (TPSA) is 41.9 Å². The second-order valence-electron chi connectivity index (χ2n) is 13.8. The van der Waals surface area contributed by atoms with Gasteiger partial charge < -0.3 is 9.73 Å². The number of hydrogen-bond donors (Lipinski definition) is 1. The number of hydrogen-bond acceptors (Lipinski definition) is 3. The van der Waals surface area contributed by atoms with Crippen LogP contribution in [0.3, 0.4) is 0 Å². The van der Waals surface area contributed by atoms with Gasteiger partial charge in [-0.15, -0.1) is 0 Å². The third kappa shape index (κ3) is 4.73. The third-order valence-corrected chi connectivity index (χ3v) is 10.7. The number of allylic oxidation sites excluding steroid dienone is 2. The van der Waals surface area contributed by atoms with Gasteiger partial charge in [-0.3, -0.25) is 0 Å². The number of furan rings is 1. The van der Waals surface area contributed by atoms with Crippen LogP contribution in [0.5, 0.6) is 0 Å². The van der Waals surface area contributed by atoms with Gasteiger partial charge in [0.15, 0.2) is 12.2 Å². The minimum atomic E-state index is 0.296. The van der Waals surface area contributed by atoms with Gasteiger partial charge in [-0.1, -0.05) is 60.7 Å². The highest BCUT2D eigenvalue weighted by Crippen LogP contribution is 2.45. The Hall–Kier alpha value is -4.96. The predicted molar refractivity (Wildman–Crippen MR) is 193 cm³/mol. The number of nitrogens with zero attached hydrogens (tertiary/aromatic N) is 2. The molecule has 3 aromatic carbocycles. The quantitative estimate of drug-likeness (QED) is 0.187. The lowest BCUT2D eigenvalue weighted by Gasteiger charge is -2.33. The largest absolute Gasteiger partial charge is 0.437 e. The molecular formula is C43H42N3O+. The number of aromatic nitrogens is 2. The number of aryl methyl sites for hydroxylation is 6. The van der Waals surface area contributed by atoms with Crippen molar-refractivity contribution in [2.75, 3.05) is 0 Å². The summed E-state index contributed by atoms with van der Waals surface area (Å²) in [4.78, 5) is 5.09. The molecule has 2 atom stereocenters. The van der Waals surface area contributed by atoms with E-state index in [0.29, 0.717) is 17.7 Å². The summed E-state index contributed by atoms with van der Waals surface area (Å²) in [5.74, 6) is 0.312. The third-order valence-electron chi connectivity index (χ3n) is 10.7. The summed E-state index contributed by atoms with van der Waals surface area (Å²) >= 11 is 0. The molecule has 3 aromatic heterocycles. The molecule has 0 saturated carbocycles. The molecule has 4 heteroatoms. The Morgan fingerprint density at radius 2 is 1.66 bits per heavy atom. The van der Waals surface area contributed by atoms with Gasteiger partial charge in [0.05, 0.1) is 11.6 Å². The van der Waals surface area contributed by atoms with Crippen LogP contribution in [0, 0.1) is 34.6 Å². The lowest BCUT2D eigenvalue weighted by atomic mass is 9.77. The van der Waals surface area contributed by atoms with E-state index in [9.17, 15) is 0 Å². The molecule has 0 radical (unpaired) electrons. The van der Waals surface area contributed by atoms with E-state index in [-0.39, 0.29) is 0 Å². The molecule has 0 amide bonds. The molecule has 1 N–H and O–H groups in total. The molecule has 0 spiro atoms. The van der Waals surface area contributed by atoms with Crippen molar-refractivity contribution in [2.24, 2.45) is 0 Å². The first-order chi connectivity index (χ1) is 22.7. The van der Waals surface area contributed by atoms with Crippen LogP contribution in [0.4, 0.5) is 0 Å². The van der Waals surface area contributed by atoms with E-state index < -0.39 is 0 Å². The summed E-state index contributed by atoms with van der Waals surface area (Å²) in [7, 11) is 0. The number of fused-ring (bicyclic) bond motifs is 11. The molecule has 0 fully saturated rings. The Morgan fingerprint density at radius 3 is 2.45 bits per heavy atom. The van der Waals surface area contributed by atoms with Gasteiger partial charge in [-0.25, -0.2) is 4.98 Å². The van der Waals surface area contributed by atoms with Gasteiger partial charge >= 0.3 is 0 Å². The first-order valence-corrected chi connectivity index (χ1v) is 16.9. The van der Waals surface area contributed by atoms with Crippen LogP contribution in [-0.4, -0.2) is 4.98 Å². The molecule has 4 nitrogen and oxygen atoms in total. The normalized spacial score (nSPS) is 18.4. The molecule has 2 unspecified atom stereocenters. The summed E-state index contributed by atoms with van der Waals surface area (Å²) in [6.07, 6.45) is 7.34. The number of rotatable bonds is 1. The van der Waals surface area contributed by atoms with Crippen LogP contribution < -0.4 is 9.88 Å². The highest BCUT2D eigenvalue weighted by Gasteiger charge is 2.41. The van der Waals surface area contributed by atoms with E-state index in [0.717, 1.165) is 58.3 Å². The van der Waals surface area contributed by atoms with Crippen LogP contribution in [-0.2, 0) is 6.42 Å². The molecule has 5 heterocycles. The molecule has 47 heavy (non-hydrogen) atoms. The van der Waals surface area contributed by atoms with E-state index in [1.54, 1.807) is 0 Å². The maximum atomic E-state index is 6.75. The van der Waals surface area contributed by atoms with Crippen molar-refractivity contribution in [2.45, 2.75) is 72.8 Å². The number of pyridine rings is 2. The first-order valence-electron chi connectivity index (χ1n) is 16.9. The Morgan fingerprint density at radius 1 is 0.872 bits per heavy atom. The number of benzene rings is 3. The fourth-order valence-electron chi connectivity index (χ4n) is 8.19. The summed E-state index contributed by atoms with van der Waals surface area (Å²) < 4.78 is 9.32. The summed E-state index contributed by atoms with van der Waals surface area (Å²) in [6, 6.07) is 24.9. The molecule has 2 aliphatic rings. The van der Waals surface area contributed by atoms with Gasteiger partial charge in [-0.05, 0) is 94.0 Å². The Balaban J connectivity index is 1.29. The summed E-state index contributed by atoms with van der Waals surface area (Å²) in [5.41, 5.74) is 18.6. The lowest BCUT2D eigenvalue weighted by Crippen LogP contribution is -2.48. The average molecular weight is 617 g/mol. The SMILES string of the molecule is C=C1CC2c3cc(C)ccc3-c3cc(C)c(C)c[n+]3C2CCc2ccc3c(oc4nc(-c5c(C)cccc5C)ccc43)c2/C(=C/C)N1. The maximum absolute atomic E-state index is 6.75. The van der Waals surface area contributed by atoms with Gasteiger partial charge in [0, 0.05) is 63.3 Å². The van der Waals surface area contributed by atoms with E-state index in [1.165, 1.54) is 55.8 Å². The highest BCUT2D eigenvalue weighted by molar-refractivity contribution is 6.08. The van der Waals surface area contributed by atoms with Crippen molar-refractivity contribution in [3.05, 3.63) is 136 Å². The minimum Gasteiger partial charge on any atom is -0.437 e. The monoisotopic (exact) mass is 616 g/mol. The van der Waals surface area contributed by atoms with Crippen molar-refractivity contribution in [1.82, 2.24) is 10.3 Å². The van der Waals surface area contributed by atoms with E-state index in [4.69, 9.17) is 9.40 Å². The van der Waals surface area contributed by atoms with Gasteiger partial charge in [-0.2, -0.15) is 4.57 Å². The van der Waals surface area contributed by atoms with E-state index >= 15 is 0 Å². The summed E-state index contributed by atoms with van der Waals surface area (Å²) in [5, 5.41) is 5.91. The molecule has 2 aliphatic heterocycles. The molecule has 0 bridgehead atoms. The second kappa shape index (κ2) is 11.1. The van der Waals surface area contributed by atoms with Crippen molar-refractivity contribution in [3.63, 3.8) is 0 Å². The van der Waals surface area contributed by atoms with Crippen LogP contribution >= 0.6 is 0 Å². The Bertz CT molecular complexity index is 2280. The fraction of sp³-hybridized carbons (Fsp3) is 0.256. The van der Waals surface area contributed by atoms with E-state index in [2.05, 4.69) is 137 Å². The first kappa shape index (κ1) is 29.4. The van der Waals surface area contributed by atoms with Crippen molar-refractivity contribution in [3.8, 4) is 22.5 Å². The zero-order valence-electron chi connectivity index (χ0n) is 28.3.